The average Bonchev–Trinajstić information content (AvgIpc) is 3.38. The van der Waals surface area contributed by atoms with Crippen molar-refractivity contribution in [2.45, 2.75) is 33.7 Å². The molecule has 1 aliphatic rings. The number of anilines is 1. The summed E-state index contributed by atoms with van der Waals surface area (Å²) in [5.41, 5.74) is 0.816. The highest BCUT2D eigenvalue weighted by atomic mass is 16.5. The van der Waals surface area contributed by atoms with Crippen molar-refractivity contribution in [3.05, 3.63) is 71.3 Å². The molecule has 1 aromatic heterocycles. The van der Waals surface area contributed by atoms with Crippen molar-refractivity contribution in [3.63, 3.8) is 0 Å². The van der Waals surface area contributed by atoms with Crippen LogP contribution >= 0.6 is 0 Å². The number of ketones is 1. The first-order valence-electron chi connectivity index (χ1n) is 11.2. The van der Waals surface area contributed by atoms with Gasteiger partial charge in [0.1, 0.15) is 12.4 Å². The van der Waals surface area contributed by atoms with Crippen LogP contribution in [0, 0.1) is 12.3 Å². The molecule has 182 valence electrons. The van der Waals surface area contributed by atoms with E-state index in [0.29, 0.717) is 34.3 Å². The van der Waals surface area contributed by atoms with Gasteiger partial charge in [0.05, 0.1) is 18.2 Å². The molecule has 0 spiro atoms. The lowest BCUT2D eigenvalue weighted by molar-refractivity contribution is -0.123. The average molecular weight is 478 g/mol. The minimum atomic E-state index is -0.928. The molecule has 9 heteroatoms. The fraction of sp³-hybridized carbons (Fsp3) is 0.308. The monoisotopic (exact) mass is 477 g/mol. The number of ether oxygens (including phenoxy) is 1. The van der Waals surface area contributed by atoms with Crippen LogP contribution in [0.2, 0.25) is 0 Å². The Kier molecular flexibility index (Phi) is 6.45. The van der Waals surface area contributed by atoms with Crippen LogP contribution in [0.5, 0.6) is 5.75 Å². The van der Waals surface area contributed by atoms with Crippen LogP contribution in [0.25, 0.3) is 11.4 Å². The fourth-order valence-electron chi connectivity index (χ4n) is 3.98. The molecule has 35 heavy (non-hydrogen) atoms. The van der Waals surface area contributed by atoms with E-state index in [-0.39, 0.29) is 24.6 Å². The second-order valence-electron chi connectivity index (χ2n) is 9.21. The third kappa shape index (κ3) is 4.54. The molecule has 0 saturated heterocycles. The first-order chi connectivity index (χ1) is 16.6. The van der Waals surface area contributed by atoms with E-state index in [1.165, 1.54) is 4.90 Å². The zero-order valence-corrected chi connectivity index (χ0v) is 20.0. The number of para-hydroxylation sites is 1. The van der Waals surface area contributed by atoms with Crippen LogP contribution in [-0.2, 0) is 9.59 Å². The maximum Gasteiger partial charge on any atom is 0.294 e. The Morgan fingerprint density at radius 3 is 2.43 bits per heavy atom. The lowest BCUT2D eigenvalue weighted by Crippen LogP contribution is -2.33. The molecular formula is C26H27N3O6. The van der Waals surface area contributed by atoms with Crippen LogP contribution in [0.15, 0.2) is 64.4 Å². The van der Waals surface area contributed by atoms with Gasteiger partial charge < -0.3 is 19.5 Å². The molecule has 1 unspecified atom stereocenters. The summed E-state index contributed by atoms with van der Waals surface area (Å²) in [6, 6.07) is 12.9. The molecule has 1 atom stereocenters. The number of aliphatic hydroxyl groups is 2. The molecule has 1 amide bonds. The van der Waals surface area contributed by atoms with Gasteiger partial charge in [0.25, 0.3) is 5.91 Å². The number of nitrogens with zero attached hydrogens (tertiary/aromatic N) is 3. The van der Waals surface area contributed by atoms with Crippen LogP contribution in [0.1, 0.15) is 38.3 Å². The lowest BCUT2D eigenvalue weighted by Gasteiger charge is -2.30. The van der Waals surface area contributed by atoms with Gasteiger partial charge in [-0.3, -0.25) is 14.5 Å². The van der Waals surface area contributed by atoms with Crippen molar-refractivity contribution >= 4 is 17.4 Å². The molecule has 2 N–H and O–H groups in total. The molecule has 1 aliphatic heterocycles. The van der Waals surface area contributed by atoms with Gasteiger partial charge in [-0.2, -0.15) is 4.98 Å². The lowest BCUT2D eigenvalue weighted by atomic mass is 9.82. The molecule has 9 nitrogen and oxygen atoms in total. The zero-order chi connectivity index (χ0) is 25.3. The highest BCUT2D eigenvalue weighted by Gasteiger charge is 2.47. The summed E-state index contributed by atoms with van der Waals surface area (Å²) in [4.78, 5) is 32.4. The number of hydrogen-bond donors (Lipinski definition) is 2. The Labute approximate surface area is 202 Å². The topological polar surface area (TPSA) is 126 Å². The van der Waals surface area contributed by atoms with Gasteiger partial charge in [-0.05, 0) is 30.3 Å². The molecule has 0 saturated carbocycles. The van der Waals surface area contributed by atoms with Crippen molar-refractivity contribution < 1.29 is 29.1 Å². The van der Waals surface area contributed by atoms with Crippen LogP contribution in [0.3, 0.4) is 0 Å². The van der Waals surface area contributed by atoms with E-state index in [9.17, 15) is 19.8 Å². The van der Waals surface area contributed by atoms with E-state index in [2.05, 4.69) is 10.1 Å². The van der Waals surface area contributed by atoms with E-state index in [0.717, 1.165) is 0 Å². The number of carbonyl (C=O) groups is 2. The second-order valence-corrected chi connectivity index (χ2v) is 9.21. The minimum absolute atomic E-state index is 0.000387. The SMILES string of the molecule is Cc1nc(-c2ccc(N3C(=O)C(O)=C(C(=O)C(C)(C)C)C3c3ccccc3OCCO)cc2)no1. The number of benzene rings is 2. The van der Waals surface area contributed by atoms with Gasteiger partial charge in [-0.25, -0.2) is 0 Å². The summed E-state index contributed by atoms with van der Waals surface area (Å²) in [5.74, 6) is -0.403. The Morgan fingerprint density at radius 1 is 1.14 bits per heavy atom. The van der Waals surface area contributed by atoms with Crippen molar-refractivity contribution in [2.24, 2.45) is 5.41 Å². The number of Topliss-reactive ketones (excluding diaryl/α,β-unsaturated/α-hetero) is 1. The summed E-state index contributed by atoms with van der Waals surface area (Å²) in [7, 11) is 0. The predicted molar refractivity (Wildman–Crippen MR) is 128 cm³/mol. The molecule has 0 aliphatic carbocycles. The smallest absolute Gasteiger partial charge is 0.294 e. The quantitative estimate of drug-likeness (QED) is 0.524. The number of aromatic nitrogens is 2. The van der Waals surface area contributed by atoms with Crippen molar-refractivity contribution in [1.82, 2.24) is 10.1 Å². The van der Waals surface area contributed by atoms with Gasteiger partial charge in [0.2, 0.25) is 11.7 Å². The summed E-state index contributed by atoms with van der Waals surface area (Å²) < 4.78 is 10.8. The highest BCUT2D eigenvalue weighted by molar-refractivity contribution is 6.17. The van der Waals surface area contributed by atoms with Gasteiger partial charge in [0, 0.05) is 29.2 Å². The molecular weight excluding hydrogens is 450 g/mol. The molecule has 2 aromatic carbocycles. The summed E-state index contributed by atoms with van der Waals surface area (Å²) in [6.07, 6.45) is 0. The Bertz CT molecular complexity index is 1290. The molecule has 0 fully saturated rings. The highest BCUT2D eigenvalue weighted by Crippen LogP contribution is 2.46. The maximum absolute atomic E-state index is 13.4. The number of rotatable bonds is 7. The predicted octanol–water partition coefficient (Wildman–Crippen LogP) is 3.93. The number of carbonyl (C=O) groups excluding carboxylic acids is 2. The maximum atomic E-state index is 13.4. The van der Waals surface area contributed by atoms with E-state index >= 15 is 0 Å². The summed E-state index contributed by atoms with van der Waals surface area (Å²) in [6.45, 7) is 6.72. The van der Waals surface area contributed by atoms with E-state index in [1.807, 2.05) is 0 Å². The van der Waals surface area contributed by atoms with Crippen molar-refractivity contribution in [3.8, 4) is 17.1 Å². The molecule has 0 radical (unpaired) electrons. The Morgan fingerprint density at radius 2 is 1.83 bits per heavy atom. The molecule has 2 heterocycles. The van der Waals surface area contributed by atoms with E-state index in [1.54, 1.807) is 76.2 Å². The van der Waals surface area contributed by atoms with Gasteiger partial charge >= 0.3 is 0 Å². The third-order valence-electron chi connectivity index (χ3n) is 5.63. The number of aryl methyl sites for hydroxylation is 1. The normalized spacial score (nSPS) is 16.2. The van der Waals surface area contributed by atoms with Crippen molar-refractivity contribution in [2.75, 3.05) is 18.1 Å². The van der Waals surface area contributed by atoms with Gasteiger partial charge in [0.15, 0.2) is 11.5 Å². The second kappa shape index (κ2) is 9.34. The number of aliphatic hydroxyl groups excluding tert-OH is 2. The van der Waals surface area contributed by atoms with Gasteiger partial charge in [-0.1, -0.05) is 44.1 Å². The van der Waals surface area contributed by atoms with Crippen LogP contribution < -0.4 is 9.64 Å². The van der Waals surface area contributed by atoms with E-state index in [4.69, 9.17) is 9.26 Å². The van der Waals surface area contributed by atoms with Crippen LogP contribution in [-0.4, -0.2) is 45.3 Å². The summed E-state index contributed by atoms with van der Waals surface area (Å²) >= 11 is 0. The Balaban J connectivity index is 1.83. The zero-order valence-electron chi connectivity index (χ0n) is 20.0. The van der Waals surface area contributed by atoms with E-state index < -0.39 is 23.1 Å². The first kappa shape index (κ1) is 24.2. The first-order valence-corrected chi connectivity index (χ1v) is 11.2. The molecule has 0 bridgehead atoms. The molecule has 3 aromatic rings. The fourth-order valence-corrected chi connectivity index (χ4v) is 3.98. The van der Waals surface area contributed by atoms with Crippen molar-refractivity contribution in [1.29, 1.82) is 0 Å². The minimum Gasteiger partial charge on any atom is -0.503 e. The van der Waals surface area contributed by atoms with Gasteiger partial charge in [-0.15, -0.1) is 0 Å². The standard InChI is InChI=1S/C26H27N3O6/c1-15-27-24(28-35-15)16-9-11-17(12-10-16)29-21(18-7-5-6-8-19(18)34-14-13-30)20(22(31)25(29)33)23(32)26(2,3)4/h5-12,21,30-31H,13-14H2,1-4H3. The summed E-state index contributed by atoms with van der Waals surface area (Å²) in [5, 5.41) is 24.1. The molecule has 4 rings (SSSR count). The number of amides is 1. The number of hydrogen-bond acceptors (Lipinski definition) is 8. The van der Waals surface area contributed by atoms with Crippen LogP contribution in [0.4, 0.5) is 5.69 Å². The Hall–Kier alpha value is -3.98. The third-order valence-corrected chi connectivity index (χ3v) is 5.63. The largest absolute Gasteiger partial charge is 0.503 e.